The molecule has 0 saturated heterocycles. The first-order valence-electron chi connectivity index (χ1n) is 5.30. The largest absolute Gasteiger partial charge is 0.373 e. The normalized spacial score (nSPS) is 10.5. The van der Waals surface area contributed by atoms with Crippen LogP contribution in [0.4, 0.5) is 5.82 Å². The summed E-state index contributed by atoms with van der Waals surface area (Å²) in [6, 6.07) is 1.90. The lowest BCUT2D eigenvalue weighted by atomic mass is 10.4. The molecule has 2 rings (SSSR count). The third-order valence-electron chi connectivity index (χ3n) is 2.19. The molecule has 0 saturated carbocycles. The summed E-state index contributed by atoms with van der Waals surface area (Å²) in [5.41, 5.74) is 0. The summed E-state index contributed by atoms with van der Waals surface area (Å²) < 4.78 is 1.86. The Balaban J connectivity index is 2.29. The molecule has 2 aromatic heterocycles. The number of aryl methyl sites for hydroxylation is 2. The van der Waals surface area contributed by atoms with Crippen LogP contribution in [0, 0.1) is 0 Å². The van der Waals surface area contributed by atoms with E-state index in [1.807, 2.05) is 31.7 Å². The molecule has 7 heteroatoms. The molecule has 1 N–H and O–H groups in total. The second-order valence-corrected chi connectivity index (χ2v) is 4.43. The summed E-state index contributed by atoms with van der Waals surface area (Å²) in [6.45, 7) is 2.03. The van der Waals surface area contributed by atoms with Gasteiger partial charge in [-0.3, -0.25) is 0 Å². The Morgan fingerprint density at radius 2 is 2.24 bits per heavy atom. The lowest BCUT2D eigenvalue weighted by Gasteiger charge is -2.05. The molecule has 0 amide bonds. The van der Waals surface area contributed by atoms with Crippen LogP contribution in [-0.2, 0) is 13.5 Å². The number of rotatable bonds is 4. The van der Waals surface area contributed by atoms with Gasteiger partial charge in [-0.15, -0.1) is 10.2 Å². The zero-order valence-electron chi connectivity index (χ0n) is 10.0. The molecule has 0 spiro atoms. The highest BCUT2D eigenvalue weighted by atomic mass is 32.2. The van der Waals surface area contributed by atoms with Crippen molar-refractivity contribution in [1.29, 1.82) is 0 Å². The smallest absolute Gasteiger partial charge is 0.197 e. The molecular weight excluding hydrogens is 236 g/mol. The molecule has 0 aliphatic rings. The second kappa shape index (κ2) is 5.13. The van der Waals surface area contributed by atoms with Crippen LogP contribution >= 0.6 is 11.8 Å². The molecule has 90 valence electrons. The summed E-state index contributed by atoms with van der Waals surface area (Å²) in [7, 11) is 3.75. The van der Waals surface area contributed by atoms with Crippen LogP contribution in [0.5, 0.6) is 0 Å². The molecule has 6 nitrogen and oxygen atoms in total. The van der Waals surface area contributed by atoms with Gasteiger partial charge in [0.25, 0.3) is 0 Å². The average Bonchev–Trinajstić information content (AvgIpc) is 2.74. The first kappa shape index (κ1) is 11.8. The molecule has 0 aliphatic heterocycles. The minimum Gasteiger partial charge on any atom is -0.373 e. The van der Waals surface area contributed by atoms with E-state index in [0.29, 0.717) is 0 Å². The van der Waals surface area contributed by atoms with Crippen LogP contribution in [0.2, 0.25) is 0 Å². The fourth-order valence-electron chi connectivity index (χ4n) is 1.27. The van der Waals surface area contributed by atoms with Crippen molar-refractivity contribution in [1.82, 2.24) is 24.7 Å². The van der Waals surface area contributed by atoms with Gasteiger partial charge in [0.15, 0.2) is 5.16 Å². The molecular formula is C10H14N6S. The molecule has 0 unspecified atom stereocenters. The molecule has 17 heavy (non-hydrogen) atoms. The van der Waals surface area contributed by atoms with Crippen molar-refractivity contribution in [2.75, 3.05) is 12.4 Å². The molecule has 0 bridgehead atoms. The van der Waals surface area contributed by atoms with Gasteiger partial charge in [-0.2, -0.15) is 0 Å². The molecule has 0 fully saturated rings. The highest BCUT2D eigenvalue weighted by molar-refractivity contribution is 7.99. The van der Waals surface area contributed by atoms with Gasteiger partial charge < -0.3 is 9.88 Å². The minimum absolute atomic E-state index is 0.807. The number of nitrogens with one attached hydrogen (secondary N) is 1. The maximum atomic E-state index is 4.45. The van der Waals surface area contributed by atoms with Crippen molar-refractivity contribution in [3.63, 3.8) is 0 Å². The topological polar surface area (TPSA) is 68.5 Å². The summed E-state index contributed by atoms with van der Waals surface area (Å²) in [4.78, 5) is 8.79. The van der Waals surface area contributed by atoms with E-state index in [-0.39, 0.29) is 0 Å². The fourth-order valence-corrected chi connectivity index (χ4v) is 2.06. The highest BCUT2D eigenvalue weighted by Crippen LogP contribution is 2.25. The lowest BCUT2D eigenvalue weighted by Crippen LogP contribution is -2.00. The number of anilines is 1. The van der Waals surface area contributed by atoms with Gasteiger partial charge in [-0.25, -0.2) is 9.97 Å². The van der Waals surface area contributed by atoms with Gasteiger partial charge >= 0.3 is 0 Å². The van der Waals surface area contributed by atoms with E-state index >= 15 is 0 Å². The molecule has 0 aliphatic carbocycles. The molecule has 0 aromatic carbocycles. The Morgan fingerprint density at radius 1 is 1.41 bits per heavy atom. The molecule has 0 radical (unpaired) electrons. The predicted molar refractivity (Wildman–Crippen MR) is 66.1 cm³/mol. The van der Waals surface area contributed by atoms with E-state index in [1.165, 1.54) is 11.8 Å². The van der Waals surface area contributed by atoms with Gasteiger partial charge in [0.05, 0.1) is 0 Å². The van der Waals surface area contributed by atoms with Gasteiger partial charge in [0.1, 0.15) is 23.0 Å². The highest BCUT2D eigenvalue weighted by Gasteiger charge is 2.08. The number of aromatic nitrogens is 5. The van der Waals surface area contributed by atoms with Crippen molar-refractivity contribution in [3.05, 3.63) is 18.2 Å². The van der Waals surface area contributed by atoms with Crippen molar-refractivity contribution >= 4 is 17.6 Å². The van der Waals surface area contributed by atoms with Crippen molar-refractivity contribution < 1.29 is 0 Å². The maximum absolute atomic E-state index is 4.45. The van der Waals surface area contributed by atoms with Crippen LogP contribution in [0.3, 0.4) is 0 Å². The molecule has 2 aromatic rings. The van der Waals surface area contributed by atoms with Gasteiger partial charge in [-0.1, -0.05) is 6.92 Å². The fraction of sp³-hybridized carbons (Fsp3) is 0.400. The van der Waals surface area contributed by atoms with Crippen LogP contribution < -0.4 is 5.32 Å². The summed E-state index contributed by atoms with van der Waals surface area (Å²) >= 11 is 1.48. The Morgan fingerprint density at radius 3 is 2.82 bits per heavy atom. The molecule has 2 heterocycles. The van der Waals surface area contributed by atoms with Crippen LogP contribution in [0.25, 0.3) is 0 Å². The Hall–Kier alpha value is -1.63. The molecule has 0 atom stereocenters. The Kier molecular flexibility index (Phi) is 3.58. The van der Waals surface area contributed by atoms with Crippen LogP contribution in [0.15, 0.2) is 22.6 Å². The van der Waals surface area contributed by atoms with Gasteiger partial charge in [-0.05, 0) is 11.8 Å². The van der Waals surface area contributed by atoms with E-state index < -0.39 is 0 Å². The second-order valence-electron chi connectivity index (χ2n) is 3.44. The van der Waals surface area contributed by atoms with Gasteiger partial charge in [0, 0.05) is 26.6 Å². The Labute approximate surface area is 104 Å². The zero-order chi connectivity index (χ0) is 12.3. The minimum atomic E-state index is 0.807. The standard InChI is InChI=1S/C10H14N6S/c1-4-7-13-8(11-2)5-9(14-7)17-10-15-12-6-16(10)3/h5-6H,4H2,1-3H3,(H,11,13,14). The quantitative estimate of drug-likeness (QED) is 0.826. The van der Waals surface area contributed by atoms with E-state index in [2.05, 4.69) is 25.5 Å². The van der Waals surface area contributed by atoms with Crippen LogP contribution in [0.1, 0.15) is 12.7 Å². The number of hydrogen-bond donors (Lipinski definition) is 1. The summed E-state index contributed by atoms with van der Waals surface area (Å²) in [5.74, 6) is 1.64. The van der Waals surface area contributed by atoms with Crippen LogP contribution in [-0.4, -0.2) is 31.8 Å². The summed E-state index contributed by atoms with van der Waals surface area (Å²) in [6.07, 6.45) is 2.48. The first-order valence-corrected chi connectivity index (χ1v) is 6.12. The Bertz CT molecular complexity index is 487. The van der Waals surface area contributed by atoms with E-state index in [9.17, 15) is 0 Å². The maximum Gasteiger partial charge on any atom is 0.197 e. The number of hydrogen-bond acceptors (Lipinski definition) is 6. The summed E-state index contributed by atoms with van der Waals surface area (Å²) in [5, 5.41) is 12.6. The first-order chi connectivity index (χ1) is 8.22. The van der Waals surface area contributed by atoms with Crippen molar-refractivity contribution in [2.24, 2.45) is 7.05 Å². The predicted octanol–water partition coefficient (Wildman–Crippen LogP) is 1.36. The van der Waals surface area contributed by atoms with Crippen molar-refractivity contribution in [3.8, 4) is 0 Å². The third kappa shape index (κ3) is 2.73. The average molecular weight is 250 g/mol. The van der Waals surface area contributed by atoms with E-state index in [0.717, 1.165) is 28.2 Å². The van der Waals surface area contributed by atoms with E-state index in [1.54, 1.807) is 6.33 Å². The monoisotopic (exact) mass is 250 g/mol. The van der Waals surface area contributed by atoms with Crippen molar-refractivity contribution in [2.45, 2.75) is 23.5 Å². The zero-order valence-corrected chi connectivity index (χ0v) is 10.8. The van der Waals surface area contributed by atoms with E-state index in [4.69, 9.17) is 0 Å². The van der Waals surface area contributed by atoms with Gasteiger partial charge in [0.2, 0.25) is 0 Å². The SMILES string of the molecule is CCc1nc(NC)cc(Sc2nncn2C)n1. The third-order valence-corrected chi connectivity index (χ3v) is 3.16. The lowest BCUT2D eigenvalue weighted by molar-refractivity contribution is 0.785. The number of nitrogens with zero attached hydrogens (tertiary/aromatic N) is 5.